The Kier molecular flexibility index (Phi) is 8.95. The number of alkyl halides is 3. The fourth-order valence-electron chi connectivity index (χ4n) is 6.27. The lowest BCUT2D eigenvalue weighted by molar-refractivity contribution is -0.137. The van der Waals surface area contributed by atoms with Crippen molar-refractivity contribution in [3.8, 4) is 11.5 Å². The third-order valence-electron chi connectivity index (χ3n) is 8.40. The van der Waals surface area contributed by atoms with Crippen LogP contribution in [0.1, 0.15) is 101 Å². The van der Waals surface area contributed by atoms with Crippen molar-refractivity contribution in [3.63, 3.8) is 0 Å². The number of hydrogen-bond acceptors (Lipinski definition) is 1. The summed E-state index contributed by atoms with van der Waals surface area (Å²) in [5, 5.41) is 0. The van der Waals surface area contributed by atoms with Crippen LogP contribution in [0.4, 0.5) is 22.0 Å². The van der Waals surface area contributed by atoms with Crippen LogP contribution in [0, 0.1) is 29.4 Å². The molecule has 0 spiro atoms. The van der Waals surface area contributed by atoms with Crippen LogP contribution in [0.25, 0.3) is 0 Å². The van der Waals surface area contributed by atoms with Gasteiger partial charge in [0.25, 0.3) is 0 Å². The molecule has 2 aromatic carbocycles. The van der Waals surface area contributed by atoms with Crippen molar-refractivity contribution in [1.29, 1.82) is 0 Å². The Labute approximate surface area is 211 Å². The monoisotopic (exact) mass is 508 g/mol. The zero-order chi connectivity index (χ0) is 25.7. The van der Waals surface area contributed by atoms with E-state index in [2.05, 4.69) is 6.92 Å². The van der Waals surface area contributed by atoms with Crippen molar-refractivity contribution in [1.82, 2.24) is 0 Å². The molecular formula is C30H37F5O. The third-order valence-corrected chi connectivity index (χ3v) is 8.40. The van der Waals surface area contributed by atoms with Gasteiger partial charge in [0.15, 0.2) is 11.6 Å². The Hall–Kier alpha value is -2.11. The predicted octanol–water partition coefficient (Wildman–Crippen LogP) is 10.4. The van der Waals surface area contributed by atoms with Gasteiger partial charge in [0.1, 0.15) is 11.6 Å². The first-order valence-corrected chi connectivity index (χ1v) is 13.6. The van der Waals surface area contributed by atoms with Gasteiger partial charge in [0.05, 0.1) is 5.56 Å². The highest BCUT2D eigenvalue weighted by atomic mass is 19.4. The molecule has 0 heterocycles. The summed E-state index contributed by atoms with van der Waals surface area (Å²) in [7, 11) is 0. The Balaban J connectivity index is 1.31. The van der Waals surface area contributed by atoms with E-state index in [1.165, 1.54) is 63.5 Å². The van der Waals surface area contributed by atoms with Crippen LogP contribution in [0.5, 0.6) is 11.5 Å². The van der Waals surface area contributed by atoms with Crippen LogP contribution >= 0.6 is 0 Å². The summed E-state index contributed by atoms with van der Waals surface area (Å²) in [4.78, 5) is 0. The molecule has 0 N–H and O–H groups in total. The van der Waals surface area contributed by atoms with Gasteiger partial charge in [0.2, 0.25) is 0 Å². The van der Waals surface area contributed by atoms with E-state index in [1.54, 1.807) is 0 Å². The van der Waals surface area contributed by atoms with Crippen molar-refractivity contribution >= 4 is 0 Å². The van der Waals surface area contributed by atoms with Gasteiger partial charge in [-0.05, 0) is 85.8 Å². The van der Waals surface area contributed by atoms with Gasteiger partial charge in [-0.25, -0.2) is 8.78 Å². The molecule has 2 aromatic rings. The minimum atomic E-state index is -4.46. The quantitative estimate of drug-likeness (QED) is 0.322. The van der Waals surface area contributed by atoms with Gasteiger partial charge < -0.3 is 4.74 Å². The fourth-order valence-corrected chi connectivity index (χ4v) is 6.27. The van der Waals surface area contributed by atoms with Gasteiger partial charge >= 0.3 is 6.18 Å². The molecule has 2 saturated carbocycles. The Morgan fingerprint density at radius 3 is 1.78 bits per heavy atom. The molecule has 0 unspecified atom stereocenters. The molecule has 0 aromatic heterocycles. The molecule has 0 aliphatic heterocycles. The lowest BCUT2D eigenvalue weighted by Crippen LogP contribution is -2.18. The second-order valence-electron chi connectivity index (χ2n) is 10.9. The molecule has 6 heteroatoms. The normalized spacial score (nSPS) is 25.1. The van der Waals surface area contributed by atoms with Crippen LogP contribution < -0.4 is 4.74 Å². The van der Waals surface area contributed by atoms with Crippen molar-refractivity contribution in [3.05, 3.63) is 59.2 Å². The van der Waals surface area contributed by atoms with E-state index in [4.69, 9.17) is 4.74 Å². The Bertz CT molecular complexity index is 968. The van der Waals surface area contributed by atoms with E-state index >= 15 is 4.39 Å². The highest BCUT2D eigenvalue weighted by Gasteiger charge is 2.31. The maximum atomic E-state index is 15.3. The van der Waals surface area contributed by atoms with Crippen molar-refractivity contribution in [2.24, 2.45) is 17.8 Å². The van der Waals surface area contributed by atoms with Crippen LogP contribution in [-0.2, 0) is 6.18 Å². The summed E-state index contributed by atoms with van der Waals surface area (Å²) in [6, 6.07) is 6.46. The van der Waals surface area contributed by atoms with Crippen molar-refractivity contribution in [2.75, 3.05) is 0 Å². The first-order valence-electron chi connectivity index (χ1n) is 13.6. The van der Waals surface area contributed by atoms with Gasteiger partial charge in [-0.15, -0.1) is 0 Å². The lowest BCUT2D eigenvalue weighted by atomic mass is 9.74. The van der Waals surface area contributed by atoms with Crippen LogP contribution in [0.2, 0.25) is 0 Å². The first kappa shape index (κ1) is 26.9. The van der Waals surface area contributed by atoms with E-state index in [0.717, 1.165) is 61.8 Å². The molecule has 4 rings (SSSR count). The average molecular weight is 509 g/mol. The molecule has 2 aliphatic rings. The zero-order valence-corrected chi connectivity index (χ0v) is 21.1. The molecule has 0 atom stereocenters. The molecule has 36 heavy (non-hydrogen) atoms. The summed E-state index contributed by atoms with van der Waals surface area (Å²) in [5.41, 5.74) is -0.761. The smallest absolute Gasteiger partial charge is 0.416 e. The highest BCUT2D eigenvalue weighted by molar-refractivity contribution is 5.39. The van der Waals surface area contributed by atoms with Crippen LogP contribution in [-0.4, -0.2) is 0 Å². The van der Waals surface area contributed by atoms with E-state index < -0.39 is 23.4 Å². The van der Waals surface area contributed by atoms with Gasteiger partial charge in [-0.2, -0.15) is 13.2 Å². The molecule has 2 fully saturated rings. The zero-order valence-electron chi connectivity index (χ0n) is 21.1. The van der Waals surface area contributed by atoms with Crippen molar-refractivity contribution < 1.29 is 26.7 Å². The SMILES string of the molecule is CCCC1CCC(CCC2CCC(c3c(F)ccc(Oc4ccc(C(F)(F)F)cc4)c3F)CC2)CC1. The third kappa shape index (κ3) is 6.80. The average Bonchev–Trinajstić information content (AvgIpc) is 2.86. The molecule has 0 saturated heterocycles. The van der Waals surface area contributed by atoms with Gasteiger partial charge in [-0.3, -0.25) is 0 Å². The molecular weight excluding hydrogens is 471 g/mol. The Morgan fingerprint density at radius 2 is 1.25 bits per heavy atom. The van der Waals surface area contributed by atoms with E-state index in [1.807, 2.05) is 0 Å². The first-order chi connectivity index (χ1) is 17.2. The van der Waals surface area contributed by atoms with Crippen LogP contribution in [0.15, 0.2) is 36.4 Å². The standard InChI is InChI=1S/C30H37F5O/c1-2-3-20-4-6-21(7-5-20)8-9-22-10-12-23(13-11-22)28-26(31)18-19-27(29(28)32)36-25-16-14-24(15-17-25)30(33,34)35/h14-23H,2-13H2,1H3. The number of rotatable bonds is 8. The van der Waals surface area contributed by atoms with E-state index in [-0.39, 0.29) is 23.0 Å². The molecule has 0 bridgehead atoms. The molecule has 0 radical (unpaired) electrons. The van der Waals surface area contributed by atoms with E-state index in [9.17, 15) is 17.6 Å². The second kappa shape index (κ2) is 12.0. The number of ether oxygens (including phenoxy) is 1. The summed E-state index contributed by atoms with van der Waals surface area (Å²) in [6.07, 6.45) is 9.53. The largest absolute Gasteiger partial charge is 0.454 e. The summed E-state index contributed by atoms with van der Waals surface area (Å²) < 4.78 is 73.8. The number of halogens is 5. The topological polar surface area (TPSA) is 9.23 Å². The second-order valence-corrected chi connectivity index (χ2v) is 10.9. The van der Waals surface area contributed by atoms with Crippen LogP contribution in [0.3, 0.4) is 0 Å². The Morgan fingerprint density at radius 1 is 0.722 bits per heavy atom. The highest BCUT2D eigenvalue weighted by Crippen LogP contribution is 2.43. The van der Waals surface area contributed by atoms with Gasteiger partial charge in [0, 0.05) is 5.56 Å². The predicted molar refractivity (Wildman–Crippen MR) is 132 cm³/mol. The van der Waals surface area contributed by atoms with E-state index in [0.29, 0.717) is 5.92 Å². The summed E-state index contributed by atoms with van der Waals surface area (Å²) in [5.74, 6) is 0.755. The van der Waals surface area contributed by atoms with Crippen molar-refractivity contribution in [2.45, 2.75) is 96.1 Å². The fraction of sp³-hybridized carbons (Fsp3) is 0.600. The maximum Gasteiger partial charge on any atom is 0.416 e. The molecule has 1 nitrogen and oxygen atoms in total. The number of benzene rings is 2. The summed E-state index contributed by atoms with van der Waals surface area (Å²) in [6.45, 7) is 2.27. The minimum Gasteiger partial charge on any atom is -0.454 e. The minimum absolute atomic E-state index is 0.0482. The summed E-state index contributed by atoms with van der Waals surface area (Å²) >= 11 is 0. The molecule has 2 aliphatic carbocycles. The molecule has 198 valence electrons. The lowest BCUT2D eigenvalue weighted by Gasteiger charge is -2.32. The molecule has 0 amide bonds. The van der Waals surface area contributed by atoms with Gasteiger partial charge in [-0.1, -0.05) is 58.3 Å². The maximum absolute atomic E-state index is 15.3. The number of hydrogen-bond donors (Lipinski definition) is 0.